The monoisotopic (exact) mass is 314 g/mol. The quantitative estimate of drug-likeness (QED) is 0.924. The molecular formula is C13H23BrN4. The molecule has 1 aromatic rings. The van der Waals surface area contributed by atoms with Crippen LogP contribution in [0.5, 0.6) is 0 Å². The molecule has 1 aliphatic heterocycles. The first-order valence-corrected chi connectivity index (χ1v) is 7.63. The van der Waals surface area contributed by atoms with E-state index in [1.165, 1.54) is 16.6 Å². The summed E-state index contributed by atoms with van der Waals surface area (Å²) in [7, 11) is 0. The zero-order valence-corrected chi connectivity index (χ0v) is 13.1. The maximum Gasteiger partial charge on any atom is 0.0739 e. The zero-order chi connectivity index (χ0) is 13.1. The molecule has 0 radical (unpaired) electrons. The summed E-state index contributed by atoms with van der Waals surface area (Å²) in [5.74, 6) is 0. The maximum atomic E-state index is 4.57. The van der Waals surface area contributed by atoms with Gasteiger partial charge in [-0.05, 0) is 36.2 Å². The van der Waals surface area contributed by atoms with Crippen molar-refractivity contribution in [1.82, 2.24) is 20.0 Å². The number of nitrogens with one attached hydrogen (secondary N) is 1. The van der Waals surface area contributed by atoms with Gasteiger partial charge in [-0.1, -0.05) is 6.92 Å². The molecule has 1 saturated heterocycles. The van der Waals surface area contributed by atoms with Crippen molar-refractivity contribution in [2.24, 2.45) is 0 Å². The van der Waals surface area contributed by atoms with E-state index in [4.69, 9.17) is 0 Å². The van der Waals surface area contributed by atoms with Crippen LogP contribution in [0.15, 0.2) is 4.47 Å². The fourth-order valence-corrected chi connectivity index (χ4v) is 3.04. The molecule has 1 aliphatic rings. The lowest BCUT2D eigenvalue weighted by Crippen LogP contribution is -2.50. The zero-order valence-electron chi connectivity index (χ0n) is 11.5. The second-order valence-corrected chi connectivity index (χ2v) is 5.69. The van der Waals surface area contributed by atoms with Gasteiger partial charge in [-0.25, -0.2) is 0 Å². The summed E-state index contributed by atoms with van der Waals surface area (Å²) in [4.78, 5) is 2.57. The van der Waals surface area contributed by atoms with E-state index in [2.05, 4.69) is 56.7 Å². The van der Waals surface area contributed by atoms with Crippen LogP contribution in [-0.4, -0.2) is 40.4 Å². The van der Waals surface area contributed by atoms with E-state index in [1.54, 1.807) is 0 Å². The number of aryl methyl sites for hydroxylation is 2. The van der Waals surface area contributed by atoms with Gasteiger partial charge in [-0.15, -0.1) is 0 Å². The fourth-order valence-electron chi connectivity index (χ4n) is 2.63. The van der Waals surface area contributed by atoms with Crippen molar-refractivity contribution in [2.45, 2.75) is 46.3 Å². The molecule has 18 heavy (non-hydrogen) atoms. The van der Waals surface area contributed by atoms with Crippen LogP contribution in [0.2, 0.25) is 0 Å². The number of halogens is 1. The Morgan fingerprint density at radius 2 is 2.22 bits per heavy atom. The predicted octanol–water partition coefficient (Wildman–Crippen LogP) is 2.16. The van der Waals surface area contributed by atoms with Gasteiger partial charge in [-0.3, -0.25) is 9.58 Å². The first kappa shape index (κ1) is 14.0. The van der Waals surface area contributed by atoms with Crippen LogP contribution in [0.3, 0.4) is 0 Å². The molecule has 0 aromatic carbocycles. The molecule has 1 unspecified atom stereocenters. The summed E-state index contributed by atoms with van der Waals surface area (Å²) in [5.41, 5.74) is 2.41. The summed E-state index contributed by atoms with van der Waals surface area (Å²) in [5, 5.41) is 8.05. The molecule has 2 heterocycles. The van der Waals surface area contributed by atoms with E-state index in [0.717, 1.165) is 38.4 Å². The highest BCUT2D eigenvalue weighted by Crippen LogP contribution is 2.24. The van der Waals surface area contributed by atoms with Gasteiger partial charge in [0, 0.05) is 38.8 Å². The van der Waals surface area contributed by atoms with Crippen LogP contribution in [0.4, 0.5) is 0 Å². The predicted molar refractivity (Wildman–Crippen MR) is 77.7 cm³/mol. The Labute approximate surface area is 118 Å². The Bertz CT molecular complexity index is 402. The van der Waals surface area contributed by atoms with E-state index in [1.807, 2.05) is 0 Å². The van der Waals surface area contributed by atoms with Crippen molar-refractivity contribution in [2.75, 3.05) is 19.6 Å². The lowest BCUT2D eigenvalue weighted by molar-refractivity contribution is 0.145. The normalized spacial score (nSPS) is 21.4. The first-order valence-electron chi connectivity index (χ1n) is 6.83. The van der Waals surface area contributed by atoms with E-state index in [-0.39, 0.29) is 0 Å². The molecule has 1 atom stereocenters. The summed E-state index contributed by atoms with van der Waals surface area (Å²) in [6.07, 6.45) is 1.20. The number of hydrogen-bond acceptors (Lipinski definition) is 3. The highest BCUT2D eigenvalue weighted by atomic mass is 79.9. The van der Waals surface area contributed by atoms with Crippen molar-refractivity contribution in [3.05, 3.63) is 15.9 Å². The SMILES string of the molecule is CCC1CNCCN1Cc1c(Br)c(C)nn1CC. The van der Waals surface area contributed by atoms with Gasteiger partial charge in [0.2, 0.25) is 0 Å². The van der Waals surface area contributed by atoms with Crippen molar-refractivity contribution in [3.63, 3.8) is 0 Å². The Morgan fingerprint density at radius 1 is 1.44 bits per heavy atom. The molecule has 0 amide bonds. The minimum Gasteiger partial charge on any atom is -0.314 e. The Balaban J connectivity index is 2.17. The molecular weight excluding hydrogens is 292 g/mol. The molecule has 5 heteroatoms. The van der Waals surface area contributed by atoms with Crippen LogP contribution in [0.1, 0.15) is 31.7 Å². The average Bonchev–Trinajstić information content (AvgIpc) is 2.67. The van der Waals surface area contributed by atoms with Gasteiger partial charge in [0.25, 0.3) is 0 Å². The van der Waals surface area contributed by atoms with E-state index < -0.39 is 0 Å². The van der Waals surface area contributed by atoms with Crippen molar-refractivity contribution >= 4 is 15.9 Å². The third-order valence-electron chi connectivity index (χ3n) is 3.75. The standard InChI is InChI=1S/C13H23BrN4/c1-4-11-8-15-6-7-17(11)9-12-13(14)10(3)16-18(12)5-2/h11,15H,4-9H2,1-3H3. The lowest BCUT2D eigenvalue weighted by atomic mass is 10.1. The van der Waals surface area contributed by atoms with E-state index in [9.17, 15) is 0 Å². The van der Waals surface area contributed by atoms with Crippen LogP contribution in [-0.2, 0) is 13.1 Å². The molecule has 102 valence electrons. The summed E-state index contributed by atoms with van der Waals surface area (Å²) in [6, 6.07) is 0.645. The van der Waals surface area contributed by atoms with Crippen LogP contribution >= 0.6 is 15.9 Å². The maximum absolute atomic E-state index is 4.57. The number of piperazine rings is 1. The molecule has 1 aromatic heterocycles. The minimum atomic E-state index is 0.645. The molecule has 0 saturated carbocycles. The topological polar surface area (TPSA) is 33.1 Å². The van der Waals surface area contributed by atoms with E-state index >= 15 is 0 Å². The Morgan fingerprint density at radius 3 is 2.89 bits per heavy atom. The first-order chi connectivity index (χ1) is 8.67. The number of nitrogens with zero attached hydrogens (tertiary/aromatic N) is 3. The van der Waals surface area contributed by atoms with Gasteiger partial charge in [0.1, 0.15) is 0 Å². The molecule has 0 spiro atoms. The van der Waals surface area contributed by atoms with Crippen molar-refractivity contribution in [1.29, 1.82) is 0 Å². The third kappa shape index (κ3) is 2.78. The average molecular weight is 315 g/mol. The molecule has 2 rings (SSSR count). The second-order valence-electron chi connectivity index (χ2n) is 4.90. The van der Waals surface area contributed by atoms with E-state index in [0.29, 0.717) is 6.04 Å². The van der Waals surface area contributed by atoms with Gasteiger partial charge < -0.3 is 5.32 Å². The third-order valence-corrected chi connectivity index (χ3v) is 4.78. The fraction of sp³-hybridized carbons (Fsp3) is 0.769. The summed E-state index contributed by atoms with van der Waals surface area (Å²) in [6.45, 7) is 11.7. The molecule has 1 fully saturated rings. The minimum absolute atomic E-state index is 0.645. The highest BCUT2D eigenvalue weighted by molar-refractivity contribution is 9.10. The van der Waals surface area contributed by atoms with Crippen LogP contribution in [0.25, 0.3) is 0 Å². The molecule has 0 aliphatic carbocycles. The highest BCUT2D eigenvalue weighted by Gasteiger charge is 2.23. The van der Waals surface area contributed by atoms with Gasteiger partial charge >= 0.3 is 0 Å². The second kappa shape index (κ2) is 6.17. The van der Waals surface area contributed by atoms with Crippen LogP contribution in [0, 0.1) is 6.92 Å². The number of aromatic nitrogens is 2. The van der Waals surface area contributed by atoms with Gasteiger partial charge in [0.05, 0.1) is 15.9 Å². The van der Waals surface area contributed by atoms with Crippen LogP contribution < -0.4 is 5.32 Å². The lowest BCUT2D eigenvalue weighted by Gasteiger charge is -2.35. The van der Waals surface area contributed by atoms with Gasteiger partial charge in [0.15, 0.2) is 0 Å². The molecule has 0 bridgehead atoms. The molecule has 1 N–H and O–H groups in total. The summed E-state index contributed by atoms with van der Waals surface area (Å²) < 4.78 is 3.30. The summed E-state index contributed by atoms with van der Waals surface area (Å²) >= 11 is 3.68. The smallest absolute Gasteiger partial charge is 0.0739 e. The number of hydrogen-bond donors (Lipinski definition) is 1. The van der Waals surface area contributed by atoms with Crippen molar-refractivity contribution in [3.8, 4) is 0 Å². The largest absolute Gasteiger partial charge is 0.314 e. The Kier molecular flexibility index (Phi) is 4.81. The van der Waals surface area contributed by atoms with Crippen molar-refractivity contribution < 1.29 is 0 Å². The molecule has 4 nitrogen and oxygen atoms in total. The number of rotatable bonds is 4. The Hall–Kier alpha value is -0.390. The van der Waals surface area contributed by atoms with Gasteiger partial charge in [-0.2, -0.15) is 5.10 Å².